The maximum atomic E-state index is 13.0. The minimum atomic E-state index is -4.72. The van der Waals surface area contributed by atoms with Crippen LogP contribution in [0.3, 0.4) is 0 Å². The molecule has 0 radical (unpaired) electrons. The molecule has 2 heterocycles. The lowest BCUT2D eigenvalue weighted by Gasteiger charge is -2.20. The zero-order chi connectivity index (χ0) is 27.4. The van der Waals surface area contributed by atoms with Gasteiger partial charge in [-0.1, -0.05) is 6.07 Å². The fraction of sp³-hybridized carbons (Fsp3) is 0.208. The average Bonchev–Trinajstić information content (AvgIpc) is 3.30. The molecule has 0 aliphatic carbocycles. The zero-order valence-electron chi connectivity index (χ0n) is 20.0. The van der Waals surface area contributed by atoms with Gasteiger partial charge in [0.1, 0.15) is 19.0 Å². The van der Waals surface area contributed by atoms with E-state index in [0.717, 1.165) is 0 Å². The van der Waals surface area contributed by atoms with Crippen molar-refractivity contribution in [1.82, 2.24) is 5.01 Å². The van der Waals surface area contributed by atoms with E-state index in [4.69, 9.17) is 19.6 Å². The number of ether oxygens (including phenoxy) is 3. The number of carbonyl (C=O) groups is 2. The van der Waals surface area contributed by atoms with Crippen LogP contribution >= 0.6 is 11.8 Å². The summed E-state index contributed by atoms with van der Waals surface area (Å²) in [6.45, 7) is 1.81. The highest BCUT2D eigenvalue weighted by molar-refractivity contribution is 8.27. The summed E-state index contributed by atoms with van der Waals surface area (Å²) in [5.74, 6) is -0.242. The Hall–Kier alpha value is -4.33. The first-order chi connectivity index (χ1) is 18.0. The quantitative estimate of drug-likeness (QED) is 0.373. The second kappa shape index (κ2) is 11.0. The van der Waals surface area contributed by atoms with Crippen LogP contribution in [0.15, 0.2) is 58.1 Å². The van der Waals surface area contributed by atoms with E-state index in [2.05, 4.69) is 15.4 Å². The van der Waals surface area contributed by atoms with E-state index in [1.165, 1.54) is 20.1 Å². The molecule has 0 spiro atoms. The van der Waals surface area contributed by atoms with Crippen molar-refractivity contribution >= 4 is 51.4 Å². The Morgan fingerprint density at radius 1 is 1.13 bits per heavy atom. The number of benzene rings is 2. The summed E-state index contributed by atoms with van der Waals surface area (Å²) < 4.78 is 55.7. The molecule has 0 aromatic heterocycles. The van der Waals surface area contributed by atoms with Crippen LogP contribution in [0, 0.1) is 5.41 Å². The molecule has 2 aromatic rings. The Kier molecular flexibility index (Phi) is 7.71. The van der Waals surface area contributed by atoms with Crippen LogP contribution in [-0.4, -0.2) is 59.4 Å². The highest BCUT2D eigenvalue weighted by Gasteiger charge is 2.46. The molecular weight excluding hydrogens is 527 g/mol. The number of aliphatic imine (C=N–C) groups is 1. The summed E-state index contributed by atoms with van der Waals surface area (Å²) in [7, 11) is 1.42. The van der Waals surface area contributed by atoms with Crippen molar-refractivity contribution in [3.8, 4) is 17.2 Å². The Bertz CT molecular complexity index is 1370. The minimum absolute atomic E-state index is 0.172. The number of thioether (sulfide) groups is 1. The SMILES string of the molecule is COc1cc(/C=C2/C(=N)N3N=C(C(F)(F)F)SC3=NC2=O)ccc1OCCOc1ccc(NC(C)=O)cc1. The third kappa shape index (κ3) is 6.14. The molecule has 0 saturated carbocycles. The fourth-order valence-electron chi connectivity index (χ4n) is 3.32. The van der Waals surface area contributed by atoms with Gasteiger partial charge in [-0.25, -0.2) is 0 Å². The topological polar surface area (TPSA) is 126 Å². The average molecular weight is 548 g/mol. The van der Waals surface area contributed by atoms with Gasteiger partial charge < -0.3 is 19.5 Å². The molecule has 14 heteroatoms. The summed E-state index contributed by atoms with van der Waals surface area (Å²) in [6, 6.07) is 11.6. The van der Waals surface area contributed by atoms with Gasteiger partial charge in [0.15, 0.2) is 17.3 Å². The predicted octanol–water partition coefficient (Wildman–Crippen LogP) is 4.29. The van der Waals surface area contributed by atoms with Crippen LogP contribution in [0.2, 0.25) is 0 Å². The number of nitrogens with one attached hydrogen (secondary N) is 2. The molecule has 0 fully saturated rings. The van der Waals surface area contributed by atoms with Crippen molar-refractivity contribution in [1.29, 1.82) is 5.41 Å². The number of halogens is 3. The van der Waals surface area contributed by atoms with Crippen molar-refractivity contribution in [2.75, 3.05) is 25.6 Å². The number of nitrogens with zero attached hydrogens (tertiary/aromatic N) is 3. The second-order valence-corrected chi connectivity index (χ2v) is 8.69. The highest BCUT2D eigenvalue weighted by Crippen LogP contribution is 2.36. The van der Waals surface area contributed by atoms with Crippen molar-refractivity contribution in [3.05, 3.63) is 53.6 Å². The Morgan fingerprint density at radius 3 is 2.50 bits per heavy atom. The summed E-state index contributed by atoms with van der Waals surface area (Å²) >= 11 is 0.186. The van der Waals surface area contributed by atoms with Gasteiger partial charge in [-0.2, -0.15) is 28.3 Å². The number of fused-ring (bicyclic) bond motifs is 1. The smallest absolute Gasteiger partial charge is 0.441 e. The van der Waals surface area contributed by atoms with Gasteiger partial charge in [-0.15, -0.1) is 0 Å². The van der Waals surface area contributed by atoms with Gasteiger partial charge in [-0.3, -0.25) is 15.0 Å². The molecule has 38 heavy (non-hydrogen) atoms. The molecule has 2 N–H and O–H groups in total. The molecule has 0 saturated heterocycles. The van der Waals surface area contributed by atoms with E-state index in [-0.39, 0.29) is 41.6 Å². The monoisotopic (exact) mass is 547 g/mol. The Morgan fingerprint density at radius 2 is 1.84 bits per heavy atom. The molecule has 0 bridgehead atoms. The summed E-state index contributed by atoms with van der Waals surface area (Å²) in [6.07, 6.45) is -3.40. The largest absolute Gasteiger partial charge is 0.493 e. The lowest BCUT2D eigenvalue weighted by Crippen LogP contribution is -2.35. The van der Waals surface area contributed by atoms with E-state index < -0.39 is 23.0 Å². The van der Waals surface area contributed by atoms with Crippen LogP contribution in [0.25, 0.3) is 6.08 Å². The Labute approximate surface area is 218 Å². The van der Waals surface area contributed by atoms with Gasteiger partial charge in [0.2, 0.25) is 16.1 Å². The predicted molar refractivity (Wildman–Crippen MR) is 136 cm³/mol. The number of hydrogen-bond acceptors (Lipinski definition) is 8. The lowest BCUT2D eigenvalue weighted by molar-refractivity contribution is -0.115. The number of anilines is 1. The van der Waals surface area contributed by atoms with Crippen LogP contribution in [0.5, 0.6) is 17.2 Å². The molecule has 10 nitrogen and oxygen atoms in total. The van der Waals surface area contributed by atoms with Crippen molar-refractivity contribution < 1.29 is 37.0 Å². The normalized spacial score (nSPS) is 16.1. The minimum Gasteiger partial charge on any atom is -0.493 e. The standard InChI is InChI=1S/C24H20F3N5O5S/c1-13(33)29-15-4-6-16(7-5-15)36-9-10-37-18-8-3-14(12-19(18)35-2)11-17-20(28)32-23(30-21(17)34)38-22(31-32)24(25,26)27/h3-8,11-12,28H,9-10H2,1-2H3,(H,29,33)/b17-11-,28-20?. The maximum Gasteiger partial charge on any atom is 0.441 e. The number of methoxy groups -OCH3 is 1. The summed E-state index contributed by atoms with van der Waals surface area (Å²) in [5, 5.41) is 13.4. The molecule has 2 aromatic carbocycles. The lowest BCUT2D eigenvalue weighted by atomic mass is 10.1. The fourth-order valence-corrected chi connectivity index (χ4v) is 4.07. The second-order valence-electron chi connectivity index (χ2n) is 7.74. The number of carbonyl (C=O) groups excluding carboxylic acids is 2. The Balaban J connectivity index is 1.40. The van der Waals surface area contributed by atoms with Crippen molar-refractivity contribution in [2.45, 2.75) is 13.1 Å². The number of amides is 2. The number of amidine groups is 2. The van der Waals surface area contributed by atoms with Gasteiger partial charge in [0, 0.05) is 12.6 Å². The maximum absolute atomic E-state index is 13.0. The molecule has 198 valence electrons. The van der Waals surface area contributed by atoms with E-state index >= 15 is 0 Å². The van der Waals surface area contributed by atoms with E-state index in [9.17, 15) is 22.8 Å². The van der Waals surface area contributed by atoms with Gasteiger partial charge in [-0.05, 0) is 59.8 Å². The number of hydrogen-bond donors (Lipinski definition) is 2. The molecular formula is C24H20F3N5O5S. The molecule has 2 aliphatic rings. The molecule has 0 atom stereocenters. The molecule has 4 rings (SSSR count). The third-order valence-electron chi connectivity index (χ3n) is 4.98. The van der Waals surface area contributed by atoms with Crippen LogP contribution in [0.1, 0.15) is 12.5 Å². The molecule has 0 unspecified atom stereocenters. The number of rotatable bonds is 8. The summed E-state index contributed by atoms with van der Waals surface area (Å²) in [5.41, 5.74) is 0.856. The first-order valence-corrected chi connectivity index (χ1v) is 11.8. The third-order valence-corrected chi connectivity index (χ3v) is 5.93. The van der Waals surface area contributed by atoms with Crippen molar-refractivity contribution in [3.63, 3.8) is 0 Å². The van der Waals surface area contributed by atoms with E-state index in [1.807, 2.05) is 0 Å². The van der Waals surface area contributed by atoms with Gasteiger partial charge >= 0.3 is 6.18 Å². The van der Waals surface area contributed by atoms with Gasteiger partial charge in [0.25, 0.3) is 5.91 Å². The summed E-state index contributed by atoms with van der Waals surface area (Å²) in [4.78, 5) is 27.2. The molecule has 2 amide bonds. The van der Waals surface area contributed by atoms with Crippen LogP contribution < -0.4 is 19.5 Å². The molecule has 2 aliphatic heterocycles. The van der Waals surface area contributed by atoms with E-state index in [1.54, 1.807) is 42.5 Å². The van der Waals surface area contributed by atoms with E-state index in [0.29, 0.717) is 33.5 Å². The number of hydrazone groups is 1. The number of alkyl halides is 3. The first-order valence-electron chi connectivity index (χ1n) is 10.9. The zero-order valence-corrected chi connectivity index (χ0v) is 20.8. The first kappa shape index (κ1) is 26.7. The van der Waals surface area contributed by atoms with Crippen molar-refractivity contribution in [2.24, 2.45) is 10.1 Å². The highest BCUT2D eigenvalue weighted by atomic mass is 32.2. The van der Waals surface area contributed by atoms with Gasteiger partial charge in [0.05, 0.1) is 12.7 Å². The van der Waals surface area contributed by atoms with Crippen LogP contribution in [0.4, 0.5) is 18.9 Å². The van der Waals surface area contributed by atoms with Crippen LogP contribution in [-0.2, 0) is 9.59 Å².